The summed E-state index contributed by atoms with van der Waals surface area (Å²) in [6, 6.07) is -0.197. The van der Waals surface area contributed by atoms with Crippen molar-refractivity contribution in [1.29, 1.82) is 0 Å². The lowest BCUT2D eigenvalue weighted by Crippen LogP contribution is -2.47. The maximum absolute atomic E-state index is 9.06. The zero-order valence-electron chi connectivity index (χ0n) is 10.9. The Labute approximate surface area is 111 Å². The Bertz CT molecular complexity index is 397. The van der Waals surface area contributed by atoms with Gasteiger partial charge in [-0.2, -0.15) is 0 Å². The van der Waals surface area contributed by atoms with Crippen LogP contribution in [-0.2, 0) is 4.74 Å². The van der Waals surface area contributed by atoms with Crippen molar-refractivity contribution in [3.63, 3.8) is 0 Å². The van der Waals surface area contributed by atoms with Gasteiger partial charge in [0.05, 0.1) is 19.0 Å². The number of hydrogen-bond donors (Lipinski definition) is 3. The first-order valence-electron chi connectivity index (χ1n) is 6.29. The number of aliphatic imine (C=N–C) groups is 3. The molecule has 3 rings (SSSR count). The number of nitrogens with zero attached hydrogens (tertiary/aromatic N) is 4. The molecule has 8 nitrogen and oxygen atoms in total. The SMILES string of the molecule is CN.NC1=NC=NC2C1N=CN2C1CCC(CO)O1. The lowest BCUT2D eigenvalue weighted by atomic mass is 10.2. The zero-order valence-corrected chi connectivity index (χ0v) is 10.9. The summed E-state index contributed by atoms with van der Waals surface area (Å²) in [5.74, 6) is 0.487. The van der Waals surface area contributed by atoms with E-state index in [1.54, 1.807) is 6.34 Å². The van der Waals surface area contributed by atoms with E-state index in [9.17, 15) is 0 Å². The van der Waals surface area contributed by atoms with Crippen molar-refractivity contribution in [2.24, 2.45) is 26.4 Å². The number of nitrogens with two attached hydrogens (primary N) is 2. The van der Waals surface area contributed by atoms with E-state index in [-0.39, 0.29) is 31.1 Å². The molecule has 3 aliphatic rings. The lowest BCUT2D eigenvalue weighted by Gasteiger charge is -2.30. The molecule has 106 valence electrons. The van der Waals surface area contributed by atoms with Gasteiger partial charge < -0.3 is 26.2 Å². The molecule has 3 heterocycles. The van der Waals surface area contributed by atoms with Crippen LogP contribution in [0.25, 0.3) is 0 Å². The molecule has 0 saturated carbocycles. The van der Waals surface area contributed by atoms with Crippen LogP contribution < -0.4 is 11.5 Å². The first-order chi connectivity index (χ1) is 9.29. The fourth-order valence-corrected chi connectivity index (χ4v) is 2.37. The fourth-order valence-electron chi connectivity index (χ4n) is 2.37. The third-order valence-electron chi connectivity index (χ3n) is 3.30. The number of amidine groups is 1. The fraction of sp³-hybridized carbons (Fsp3) is 0.727. The first-order valence-corrected chi connectivity index (χ1v) is 6.29. The van der Waals surface area contributed by atoms with Crippen LogP contribution >= 0.6 is 0 Å². The molecule has 4 atom stereocenters. The van der Waals surface area contributed by atoms with Crippen molar-refractivity contribution in [2.75, 3.05) is 13.7 Å². The molecule has 0 aromatic heterocycles. The second-order valence-electron chi connectivity index (χ2n) is 4.36. The molecular formula is C11H20N6O2. The van der Waals surface area contributed by atoms with E-state index >= 15 is 0 Å². The quantitative estimate of drug-likeness (QED) is 0.562. The van der Waals surface area contributed by atoms with Gasteiger partial charge in [0, 0.05) is 0 Å². The molecule has 0 bridgehead atoms. The monoisotopic (exact) mass is 268 g/mol. The van der Waals surface area contributed by atoms with Crippen LogP contribution in [0.15, 0.2) is 15.0 Å². The third-order valence-corrected chi connectivity index (χ3v) is 3.30. The Hall–Kier alpha value is -1.51. The molecule has 3 aliphatic heterocycles. The summed E-state index contributed by atoms with van der Waals surface area (Å²) in [6.07, 6.45) is 4.62. The van der Waals surface area contributed by atoms with E-state index in [1.807, 2.05) is 4.90 Å². The van der Waals surface area contributed by atoms with Gasteiger partial charge in [0.1, 0.15) is 24.4 Å². The molecule has 0 radical (unpaired) electrons. The highest BCUT2D eigenvalue weighted by Crippen LogP contribution is 2.28. The van der Waals surface area contributed by atoms with E-state index in [0.29, 0.717) is 5.84 Å². The maximum Gasteiger partial charge on any atom is 0.155 e. The molecule has 0 aromatic rings. The lowest BCUT2D eigenvalue weighted by molar-refractivity contribution is -0.0485. The Morgan fingerprint density at radius 1 is 1.42 bits per heavy atom. The molecule has 4 unspecified atom stereocenters. The van der Waals surface area contributed by atoms with Gasteiger partial charge >= 0.3 is 0 Å². The van der Waals surface area contributed by atoms with E-state index in [0.717, 1.165) is 12.8 Å². The molecule has 19 heavy (non-hydrogen) atoms. The third kappa shape index (κ3) is 2.60. The summed E-state index contributed by atoms with van der Waals surface area (Å²) >= 11 is 0. The van der Waals surface area contributed by atoms with E-state index in [2.05, 4.69) is 20.7 Å². The number of fused-ring (bicyclic) bond motifs is 1. The number of aliphatic hydroxyl groups is 1. The normalized spacial score (nSPS) is 35.7. The smallest absolute Gasteiger partial charge is 0.155 e. The molecule has 0 aliphatic carbocycles. The number of rotatable bonds is 2. The minimum Gasteiger partial charge on any atom is -0.394 e. The second kappa shape index (κ2) is 6.09. The second-order valence-corrected chi connectivity index (χ2v) is 4.36. The Morgan fingerprint density at radius 3 is 2.89 bits per heavy atom. The van der Waals surface area contributed by atoms with Crippen LogP contribution in [-0.4, -0.2) is 66.7 Å². The summed E-state index contributed by atoms with van der Waals surface area (Å²) in [5, 5.41) is 9.06. The Kier molecular flexibility index (Phi) is 4.46. The topological polar surface area (TPSA) is 122 Å². The average molecular weight is 268 g/mol. The van der Waals surface area contributed by atoms with Gasteiger partial charge in [-0.15, -0.1) is 0 Å². The standard InChI is InChI=1S/C10H15N5O2.CH5N/c11-9-8-10(13-4-12-9)15(5-14-8)7-2-1-6(3-16)17-7;1-2/h4-8,10,16H,1-3H2,(H2,11,12,13);2H2,1H3. The van der Waals surface area contributed by atoms with Crippen molar-refractivity contribution in [2.45, 2.75) is 37.4 Å². The summed E-state index contributed by atoms with van der Waals surface area (Å²) < 4.78 is 5.71. The average Bonchev–Trinajstić information content (AvgIpc) is 3.07. The highest BCUT2D eigenvalue weighted by molar-refractivity contribution is 5.96. The van der Waals surface area contributed by atoms with Crippen molar-refractivity contribution in [1.82, 2.24) is 4.90 Å². The summed E-state index contributed by atoms with van der Waals surface area (Å²) in [6.45, 7) is 0.0580. The van der Waals surface area contributed by atoms with E-state index in [4.69, 9.17) is 15.6 Å². The Balaban J connectivity index is 0.000000637. The van der Waals surface area contributed by atoms with Crippen molar-refractivity contribution < 1.29 is 9.84 Å². The molecule has 5 N–H and O–H groups in total. The molecule has 8 heteroatoms. The van der Waals surface area contributed by atoms with Gasteiger partial charge in [-0.05, 0) is 19.9 Å². The minimum atomic E-state index is -0.197. The predicted octanol–water partition coefficient (Wildman–Crippen LogP) is -1.50. The largest absolute Gasteiger partial charge is 0.394 e. The van der Waals surface area contributed by atoms with Crippen molar-refractivity contribution in [3.05, 3.63) is 0 Å². The summed E-state index contributed by atoms with van der Waals surface area (Å²) in [4.78, 5) is 14.5. The zero-order chi connectivity index (χ0) is 13.8. The van der Waals surface area contributed by atoms with Gasteiger partial charge in [-0.3, -0.25) is 4.99 Å². The van der Waals surface area contributed by atoms with Gasteiger partial charge in [-0.25, -0.2) is 9.98 Å². The highest BCUT2D eigenvalue weighted by Gasteiger charge is 2.40. The predicted molar refractivity (Wildman–Crippen MR) is 73.1 cm³/mol. The molecule has 1 fully saturated rings. The summed E-state index contributed by atoms with van der Waals surface area (Å²) in [7, 11) is 1.50. The van der Waals surface area contributed by atoms with Gasteiger partial charge in [0.25, 0.3) is 0 Å². The molecule has 1 saturated heterocycles. The van der Waals surface area contributed by atoms with Crippen molar-refractivity contribution in [3.8, 4) is 0 Å². The summed E-state index contributed by atoms with van der Waals surface area (Å²) in [5.41, 5.74) is 10.3. The van der Waals surface area contributed by atoms with Gasteiger partial charge in [0.2, 0.25) is 0 Å². The van der Waals surface area contributed by atoms with Crippen LogP contribution in [0.4, 0.5) is 0 Å². The van der Waals surface area contributed by atoms with Crippen LogP contribution in [0.2, 0.25) is 0 Å². The van der Waals surface area contributed by atoms with E-state index in [1.165, 1.54) is 13.4 Å². The van der Waals surface area contributed by atoms with E-state index < -0.39 is 0 Å². The number of hydrogen-bond acceptors (Lipinski definition) is 8. The van der Waals surface area contributed by atoms with Crippen LogP contribution in [0.3, 0.4) is 0 Å². The highest BCUT2D eigenvalue weighted by atomic mass is 16.5. The molecule has 0 amide bonds. The Morgan fingerprint density at radius 2 is 2.21 bits per heavy atom. The van der Waals surface area contributed by atoms with Crippen LogP contribution in [0.5, 0.6) is 0 Å². The number of aliphatic hydroxyl groups excluding tert-OH is 1. The molecular weight excluding hydrogens is 248 g/mol. The van der Waals surface area contributed by atoms with Crippen molar-refractivity contribution >= 4 is 18.5 Å². The molecule has 0 spiro atoms. The number of ether oxygens (including phenoxy) is 1. The minimum absolute atomic E-state index is 0.0580. The van der Waals surface area contributed by atoms with Crippen LogP contribution in [0, 0.1) is 0 Å². The van der Waals surface area contributed by atoms with Crippen LogP contribution in [0.1, 0.15) is 12.8 Å². The van der Waals surface area contributed by atoms with Gasteiger partial charge in [-0.1, -0.05) is 0 Å². The maximum atomic E-state index is 9.06. The first kappa shape index (κ1) is 13.9. The molecule has 0 aromatic carbocycles. The van der Waals surface area contributed by atoms with Gasteiger partial charge in [0.15, 0.2) is 6.17 Å².